The molecule has 4 atom stereocenters. The number of Topliss-reactive ketones (excluding diaryl/α,β-unsaturated/α-hetero) is 2. The van der Waals surface area contributed by atoms with Crippen molar-refractivity contribution in [1.82, 2.24) is 0 Å². The SMILES string of the molecule is O=C(c1ccccc1)[C@H]1[C@H](C(=O)c2ccccc2Cl)[C@]2(C(=O)Nc3ccccc32)[C@H]2C=Cc3ccccc3N12. The lowest BCUT2D eigenvalue weighted by Crippen LogP contribution is -2.51. The molecule has 0 unspecified atom stereocenters. The van der Waals surface area contributed by atoms with Crippen molar-refractivity contribution in [3.8, 4) is 0 Å². The molecular formula is C33H23ClN2O3. The first kappa shape index (κ1) is 23.6. The van der Waals surface area contributed by atoms with Gasteiger partial charge in [0.1, 0.15) is 11.5 Å². The number of carbonyl (C=O) groups is 3. The Labute approximate surface area is 230 Å². The predicted molar refractivity (Wildman–Crippen MR) is 152 cm³/mol. The Balaban J connectivity index is 1.56. The highest BCUT2D eigenvalue weighted by atomic mass is 35.5. The van der Waals surface area contributed by atoms with E-state index in [0.29, 0.717) is 22.4 Å². The van der Waals surface area contributed by atoms with E-state index < -0.39 is 23.4 Å². The molecule has 4 aromatic carbocycles. The molecule has 0 saturated carbocycles. The molecule has 1 amide bonds. The van der Waals surface area contributed by atoms with Crippen LogP contribution in [0.4, 0.5) is 11.4 Å². The highest BCUT2D eigenvalue weighted by Crippen LogP contribution is 2.58. The Bertz CT molecular complexity index is 1700. The van der Waals surface area contributed by atoms with Crippen LogP contribution < -0.4 is 10.2 Å². The van der Waals surface area contributed by atoms with Crippen LogP contribution in [0.1, 0.15) is 31.8 Å². The van der Waals surface area contributed by atoms with Crippen molar-refractivity contribution < 1.29 is 14.4 Å². The zero-order valence-corrected chi connectivity index (χ0v) is 21.5. The molecule has 3 aliphatic rings. The van der Waals surface area contributed by atoms with Gasteiger partial charge in [0.05, 0.1) is 17.0 Å². The third kappa shape index (κ3) is 3.23. The number of benzene rings is 4. The molecule has 3 heterocycles. The molecule has 7 rings (SSSR count). The van der Waals surface area contributed by atoms with Crippen LogP contribution in [0.2, 0.25) is 5.02 Å². The lowest BCUT2D eigenvalue weighted by Gasteiger charge is -2.37. The summed E-state index contributed by atoms with van der Waals surface area (Å²) in [5.41, 5.74) is 2.52. The molecule has 0 radical (unpaired) electrons. The van der Waals surface area contributed by atoms with Crippen LogP contribution in [0, 0.1) is 5.92 Å². The van der Waals surface area contributed by atoms with Crippen molar-refractivity contribution in [2.45, 2.75) is 17.5 Å². The maximum absolute atomic E-state index is 14.7. The number of amides is 1. The zero-order chi connectivity index (χ0) is 26.7. The van der Waals surface area contributed by atoms with Crippen molar-refractivity contribution in [2.75, 3.05) is 10.2 Å². The van der Waals surface area contributed by atoms with Crippen LogP contribution in [0.5, 0.6) is 0 Å². The molecule has 1 spiro atoms. The number of halogens is 1. The van der Waals surface area contributed by atoms with Gasteiger partial charge in [-0.25, -0.2) is 0 Å². The number of hydrogen-bond donors (Lipinski definition) is 1. The third-order valence-electron chi connectivity index (χ3n) is 8.29. The van der Waals surface area contributed by atoms with E-state index in [2.05, 4.69) is 5.32 Å². The fourth-order valence-electron chi connectivity index (χ4n) is 6.72. The molecule has 39 heavy (non-hydrogen) atoms. The van der Waals surface area contributed by atoms with Gasteiger partial charge in [0.2, 0.25) is 5.91 Å². The standard InChI is InChI=1S/C33H23ClN2O3/c34-24-15-7-5-13-22(24)31(38)28-29(30(37)21-11-2-1-3-12-21)36-26-17-9-4-10-20(26)18-19-27(36)33(28)23-14-6-8-16-25(23)35-32(33)39/h1-19,27-29H,(H,35,39)/t27-,28-,29-,33-/m1/s1. The van der Waals surface area contributed by atoms with Crippen LogP contribution in [0.25, 0.3) is 6.08 Å². The molecule has 1 N–H and O–H groups in total. The largest absolute Gasteiger partial charge is 0.352 e. The van der Waals surface area contributed by atoms with Gasteiger partial charge < -0.3 is 10.2 Å². The van der Waals surface area contributed by atoms with E-state index in [1.54, 1.807) is 36.4 Å². The van der Waals surface area contributed by atoms with Gasteiger partial charge in [0.15, 0.2) is 11.6 Å². The first-order valence-corrected chi connectivity index (χ1v) is 13.3. The van der Waals surface area contributed by atoms with Crippen molar-refractivity contribution >= 4 is 46.5 Å². The van der Waals surface area contributed by atoms with Crippen molar-refractivity contribution in [2.24, 2.45) is 5.92 Å². The van der Waals surface area contributed by atoms with Gasteiger partial charge in [-0.15, -0.1) is 0 Å². The second kappa shape index (κ2) is 8.79. The maximum atomic E-state index is 14.7. The second-order valence-electron chi connectivity index (χ2n) is 10.1. The first-order chi connectivity index (χ1) is 19.0. The van der Waals surface area contributed by atoms with Crippen LogP contribution >= 0.6 is 11.6 Å². The fourth-order valence-corrected chi connectivity index (χ4v) is 6.95. The van der Waals surface area contributed by atoms with E-state index in [-0.39, 0.29) is 22.5 Å². The summed E-state index contributed by atoms with van der Waals surface area (Å²) in [7, 11) is 0. The lowest BCUT2D eigenvalue weighted by molar-refractivity contribution is -0.121. The number of ketones is 2. The second-order valence-corrected chi connectivity index (χ2v) is 10.5. The molecule has 0 aromatic heterocycles. The number of rotatable bonds is 4. The minimum atomic E-state index is -1.36. The lowest BCUT2D eigenvalue weighted by atomic mass is 9.64. The number of anilines is 2. The van der Waals surface area contributed by atoms with E-state index >= 15 is 0 Å². The molecule has 190 valence electrons. The quantitative estimate of drug-likeness (QED) is 0.319. The summed E-state index contributed by atoms with van der Waals surface area (Å²) in [4.78, 5) is 45.5. The van der Waals surface area contributed by atoms with Gasteiger partial charge in [-0.05, 0) is 35.4 Å². The molecule has 1 saturated heterocycles. The topological polar surface area (TPSA) is 66.5 Å². The average Bonchev–Trinajstić information content (AvgIpc) is 3.45. The van der Waals surface area contributed by atoms with Crippen LogP contribution in [-0.2, 0) is 10.2 Å². The summed E-state index contributed by atoms with van der Waals surface area (Å²) in [6.07, 6.45) is 3.95. The molecular weight excluding hydrogens is 508 g/mol. The Morgan fingerprint density at radius 3 is 2.31 bits per heavy atom. The molecule has 6 heteroatoms. The molecule has 3 aliphatic heterocycles. The van der Waals surface area contributed by atoms with E-state index in [0.717, 1.165) is 11.3 Å². The van der Waals surface area contributed by atoms with Crippen molar-refractivity contribution in [1.29, 1.82) is 0 Å². The summed E-state index contributed by atoms with van der Waals surface area (Å²) in [6, 6.07) is 29.5. The van der Waals surface area contributed by atoms with Gasteiger partial charge in [-0.2, -0.15) is 0 Å². The zero-order valence-electron chi connectivity index (χ0n) is 20.8. The minimum Gasteiger partial charge on any atom is -0.352 e. The minimum absolute atomic E-state index is 0.217. The Morgan fingerprint density at radius 1 is 0.795 bits per heavy atom. The normalized spacial score (nSPS) is 24.2. The molecule has 0 bridgehead atoms. The van der Waals surface area contributed by atoms with Crippen LogP contribution in [0.3, 0.4) is 0 Å². The number of para-hydroxylation sites is 2. The number of nitrogens with zero attached hydrogens (tertiary/aromatic N) is 1. The van der Waals surface area contributed by atoms with E-state index in [4.69, 9.17) is 11.6 Å². The van der Waals surface area contributed by atoms with E-state index in [1.165, 1.54) is 0 Å². The van der Waals surface area contributed by atoms with Crippen LogP contribution in [-0.4, -0.2) is 29.6 Å². The molecule has 0 aliphatic carbocycles. The summed E-state index contributed by atoms with van der Waals surface area (Å²) in [5.74, 6) is -1.89. The number of carbonyl (C=O) groups excluding carboxylic acids is 3. The van der Waals surface area contributed by atoms with Gasteiger partial charge in [0, 0.05) is 22.5 Å². The summed E-state index contributed by atoms with van der Waals surface area (Å²) in [5, 5.41) is 3.33. The Hall–Kier alpha value is -4.48. The van der Waals surface area contributed by atoms with Crippen LogP contribution in [0.15, 0.2) is 109 Å². The van der Waals surface area contributed by atoms with E-state index in [1.807, 2.05) is 83.8 Å². The molecule has 1 fully saturated rings. The number of fused-ring (bicyclic) bond motifs is 6. The van der Waals surface area contributed by atoms with E-state index in [9.17, 15) is 14.4 Å². The summed E-state index contributed by atoms with van der Waals surface area (Å²) < 4.78 is 0. The van der Waals surface area contributed by atoms with Crippen molar-refractivity contribution in [3.05, 3.63) is 136 Å². The van der Waals surface area contributed by atoms with Gasteiger partial charge in [-0.3, -0.25) is 14.4 Å². The maximum Gasteiger partial charge on any atom is 0.238 e. The molecule has 5 nitrogen and oxygen atoms in total. The third-order valence-corrected chi connectivity index (χ3v) is 8.62. The molecule has 4 aromatic rings. The first-order valence-electron chi connectivity index (χ1n) is 12.9. The summed E-state index contributed by atoms with van der Waals surface area (Å²) >= 11 is 6.57. The monoisotopic (exact) mass is 530 g/mol. The Morgan fingerprint density at radius 2 is 1.49 bits per heavy atom. The van der Waals surface area contributed by atoms with Crippen molar-refractivity contribution in [3.63, 3.8) is 0 Å². The van der Waals surface area contributed by atoms with Gasteiger partial charge in [0.25, 0.3) is 0 Å². The predicted octanol–water partition coefficient (Wildman–Crippen LogP) is 6.20. The highest BCUT2D eigenvalue weighted by Gasteiger charge is 2.70. The van der Waals surface area contributed by atoms with Gasteiger partial charge in [-0.1, -0.05) is 103 Å². The van der Waals surface area contributed by atoms with Gasteiger partial charge >= 0.3 is 0 Å². The number of hydrogen-bond acceptors (Lipinski definition) is 4. The number of nitrogens with one attached hydrogen (secondary N) is 1. The average molecular weight is 531 g/mol. The summed E-state index contributed by atoms with van der Waals surface area (Å²) in [6.45, 7) is 0. The Kier molecular flexibility index (Phi) is 5.32. The smallest absolute Gasteiger partial charge is 0.238 e. The highest BCUT2D eigenvalue weighted by molar-refractivity contribution is 6.34. The fraction of sp³-hybridized carbons (Fsp3) is 0.121.